The molecule has 0 saturated carbocycles. The molecule has 1 aromatic carbocycles. The van der Waals surface area contributed by atoms with Crippen molar-refractivity contribution < 1.29 is 14.3 Å². The lowest BCUT2D eigenvalue weighted by Gasteiger charge is -2.11. The molecule has 96 valence electrons. The number of hydrogen-bond acceptors (Lipinski definition) is 3. The summed E-state index contributed by atoms with van der Waals surface area (Å²) in [6, 6.07) is 3.75. The van der Waals surface area contributed by atoms with Crippen LogP contribution in [0, 0.1) is 0 Å². The van der Waals surface area contributed by atoms with Gasteiger partial charge in [-0.1, -0.05) is 11.6 Å². The van der Waals surface area contributed by atoms with Crippen LogP contribution in [0.25, 0.3) is 0 Å². The first kappa shape index (κ1) is 12.0. The zero-order chi connectivity index (χ0) is 12.5. The van der Waals surface area contributed by atoms with Crippen LogP contribution in [0.3, 0.4) is 0 Å². The van der Waals surface area contributed by atoms with Crippen LogP contribution in [0.5, 0.6) is 5.75 Å². The Labute approximate surface area is 111 Å². The van der Waals surface area contributed by atoms with Gasteiger partial charge in [-0.05, 0) is 30.5 Å². The molecule has 3 rings (SSSR count). The molecule has 4 heteroatoms. The molecule has 0 spiro atoms. The number of benzene rings is 1. The van der Waals surface area contributed by atoms with Gasteiger partial charge in [0.15, 0.2) is 5.78 Å². The van der Waals surface area contributed by atoms with Crippen LogP contribution in [0.4, 0.5) is 0 Å². The number of fused-ring (bicyclic) bond motifs is 1. The van der Waals surface area contributed by atoms with Crippen LogP contribution in [-0.2, 0) is 22.4 Å². The third-order valence-corrected chi connectivity index (χ3v) is 3.70. The Bertz CT molecular complexity index is 478. The van der Waals surface area contributed by atoms with Crippen LogP contribution >= 0.6 is 11.6 Å². The van der Waals surface area contributed by atoms with Crippen LogP contribution in [0.2, 0.25) is 5.02 Å². The zero-order valence-corrected chi connectivity index (χ0v) is 10.8. The van der Waals surface area contributed by atoms with Crippen LogP contribution in [-0.4, -0.2) is 25.1 Å². The molecule has 18 heavy (non-hydrogen) atoms. The fourth-order valence-corrected chi connectivity index (χ4v) is 2.87. The first-order valence-corrected chi connectivity index (χ1v) is 6.70. The molecule has 0 radical (unpaired) electrons. The van der Waals surface area contributed by atoms with Gasteiger partial charge in [0.2, 0.25) is 0 Å². The van der Waals surface area contributed by atoms with E-state index in [1.54, 1.807) is 0 Å². The number of ketones is 1. The number of Topliss-reactive ketones (excluding diaryl/α,β-unsaturated/α-hetero) is 1. The van der Waals surface area contributed by atoms with Gasteiger partial charge in [-0.2, -0.15) is 0 Å². The molecule has 2 heterocycles. The van der Waals surface area contributed by atoms with E-state index in [9.17, 15) is 4.79 Å². The van der Waals surface area contributed by atoms with Crippen molar-refractivity contribution in [3.05, 3.63) is 28.3 Å². The summed E-state index contributed by atoms with van der Waals surface area (Å²) in [5.74, 6) is 0.984. The van der Waals surface area contributed by atoms with Crippen molar-refractivity contribution in [2.75, 3.05) is 13.2 Å². The molecule has 3 nitrogen and oxygen atoms in total. The van der Waals surface area contributed by atoms with E-state index in [1.165, 1.54) is 0 Å². The van der Waals surface area contributed by atoms with E-state index >= 15 is 0 Å². The standard InChI is InChI=1S/C14H15ClO3/c15-11-6-9-3-5-18-14(9)10(7-11)8-12(16)13-2-1-4-17-13/h6-7,13H,1-5,8H2. The Hall–Kier alpha value is -1.06. The van der Waals surface area contributed by atoms with E-state index < -0.39 is 0 Å². The fourth-order valence-electron chi connectivity index (χ4n) is 2.61. The molecule has 1 fully saturated rings. The normalized spacial score (nSPS) is 21.7. The molecule has 2 aliphatic rings. The van der Waals surface area contributed by atoms with Gasteiger partial charge < -0.3 is 9.47 Å². The molecule has 0 bridgehead atoms. The fraction of sp³-hybridized carbons (Fsp3) is 0.500. The molecular formula is C14H15ClO3. The van der Waals surface area contributed by atoms with Gasteiger partial charge in [-0.3, -0.25) is 4.79 Å². The summed E-state index contributed by atoms with van der Waals surface area (Å²) in [5.41, 5.74) is 2.01. The molecule has 1 unspecified atom stereocenters. The molecule has 1 atom stereocenters. The number of ether oxygens (including phenoxy) is 2. The first-order valence-electron chi connectivity index (χ1n) is 6.32. The molecule has 2 aliphatic heterocycles. The third kappa shape index (κ3) is 2.25. The number of halogens is 1. The van der Waals surface area contributed by atoms with Crippen LogP contribution < -0.4 is 4.74 Å². The van der Waals surface area contributed by atoms with Gasteiger partial charge in [0.25, 0.3) is 0 Å². The monoisotopic (exact) mass is 266 g/mol. The van der Waals surface area contributed by atoms with Crippen molar-refractivity contribution >= 4 is 17.4 Å². The Morgan fingerprint density at radius 3 is 3.06 bits per heavy atom. The molecular weight excluding hydrogens is 252 g/mol. The van der Waals surface area contributed by atoms with Crippen molar-refractivity contribution in [1.29, 1.82) is 0 Å². The number of carbonyl (C=O) groups is 1. The van der Waals surface area contributed by atoms with Crippen molar-refractivity contribution in [1.82, 2.24) is 0 Å². The summed E-state index contributed by atoms with van der Waals surface area (Å²) >= 11 is 6.07. The predicted molar refractivity (Wildman–Crippen MR) is 68.3 cm³/mol. The van der Waals surface area contributed by atoms with E-state index in [4.69, 9.17) is 21.1 Å². The van der Waals surface area contributed by atoms with E-state index in [0.29, 0.717) is 24.7 Å². The number of hydrogen-bond donors (Lipinski definition) is 0. The molecule has 1 aromatic rings. The second-order valence-electron chi connectivity index (χ2n) is 4.80. The minimum absolute atomic E-state index is 0.132. The highest BCUT2D eigenvalue weighted by Gasteiger charge is 2.26. The van der Waals surface area contributed by atoms with E-state index in [2.05, 4.69) is 0 Å². The van der Waals surface area contributed by atoms with Gasteiger partial charge >= 0.3 is 0 Å². The molecule has 0 aliphatic carbocycles. The largest absolute Gasteiger partial charge is 0.493 e. The minimum Gasteiger partial charge on any atom is -0.493 e. The van der Waals surface area contributed by atoms with Crippen molar-refractivity contribution in [3.63, 3.8) is 0 Å². The second kappa shape index (κ2) is 4.90. The van der Waals surface area contributed by atoms with E-state index in [0.717, 1.165) is 36.1 Å². The maximum absolute atomic E-state index is 12.1. The SMILES string of the molecule is O=C(Cc1cc(Cl)cc2c1OCC2)C1CCCO1. The first-order chi connectivity index (χ1) is 8.74. The van der Waals surface area contributed by atoms with Gasteiger partial charge in [0.1, 0.15) is 11.9 Å². The number of rotatable bonds is 3. The van der Waals surface area contributed by atoms with Crippen molar-refractivity contribution in [2.24, 2.45) is 0 Å². The summed E-state index contributed by atoms with van der Waals surface area (Å²) in [4.78, 5) is 12.1. The lowest BCUT2D eigenvalue weighted by Crippen LogP contribution is -2.21. The molecule has 0 N–H and O–H groups in total. The van der Waals surface area contributed by atoms with Crippen molar-refractivity contribution in [2.45, 2.75) is 31.8 Å². The summed E-state index contributed by atoms with van der Waals surface area (Å²) in [6.07, 6.45) is 2.80. The average molecular weight is 267 g/mol. The Morgan fingerprint density at radius 1 is 1.39 bits per heavy atom. The quantitative estimate of drug-likeness (QED) is 0.844. The lowest BCUT2D eigenvalue weighted by molar-refractivity contribution is -0.127. The van der Waals surface area contributed by atoms with Crippen molar-refractivity contribution in [3.8, 4) is 5.75 Å². The predicted octanol–water partition coefficient (Wildman–Crippen LogP) is 2.57. The van der Waals surface area contributed by atoms with E-state index in [-0.39, 0.29) is 11.9 Å². The van der Waals surface area contributed by atoms with Crippen LogP contribution in [0.1, 0.15) is 24.0 Å². The maximum Gasteiger partial charge on any atom is 0.166 e. The number of carbonyl (C=O) groups excluding carboxylic acids is 1. The van der Waals surface area contributed by atoms with Crippen LogP contribution in [0.15, 0.2) is 12.1 Å². The Kier molecular flexibility index (Phi) is 3.27. The highest BCUT2D eigenvalue weighted by atomic mass is 35.5. The summed E-state index contributed by atoms with van der Waals surface area (Å²) < 4.78 is 11.0. The van der Waals surface area contributed by atoms with Gasteiger partial charge in [0.05, 0.1) is 6.61 Å². The molecule has 0 aromatic heterocycles. The lowest BCUT2D eigenvalue weighted by atomic mass is 10.0. The Morgan fingerprint density at radius 2 is 2.28 bits per heavy atom. The third-order valence-electron chi connectivity index (χ3n) is 3.48. The average Bonchev–Trinajstić information content (AvgIpc) is 2.98. The maximum atomic E-state index is 12.1. The minimum atomic E-state index is -0.235. The van der Waals surface area contributed by atoms with Gasteiger partial charge in [-0.25, -0.2) is 0 Å². The smallest absolute Gasteiger partial charge is 0.166 e. The topological polar surface area (TPSA) is 35.5 Å². The summed E-state index contributed by atoms with van der Waals surface area (Å²) in [7, 11) is 0. The molecule has 0 amide bonds. The summed E-state index contributed by atoms with van der Waals surface area (Å²) in [5, 5.41) is 0.675. The zero-order valence-electron chi connectivity index (χ0n) is 10.1. The van der Waals surface area contributed by atoms with Gasteiger partial charge in [-0.15, -0.1) is 0 Å². The second-order valence-corrected chi connectivity index (χ2v) is 5.23. The van der Waals surface area contributed by atoms with E-state index in [1.807, 2.05) is 12.1 Å². The highest BCUT2D eigenvalue weighted by molar-refractivity contribution is 6.30. The Balaban J connectivity index is 1.82. The highest BCUT2D eigenvalue weighted by Crippen LogP contribution is 2.33. The van der Waals surface area contributed by atoms with Gasteiger partial charge in [0, 0.05) is 30.0 Å². The molecule has 1 saturated heterocycles. The summed E-state index contributed by atoms with van der Waals surface area (Å²) in [6.45, 7) is 1.37.